The lowest BCUT2D eigenvalue weighted by Gasteiger charge is -2.33. The molecular formula is C14H23F3N2O. The number of alkyl halides is 3. The van der Waals surface area contributed by atoms with E-state index in [4.69, 9.17) is 0 Å². The van der Waals surface area contributed by atoms with Gasteiger partial charge >= 0.3 is 6.18 Å². The molecule has 0 spiro atoms. The maximum absolute atomic E-state index is 13.3. The topological polar surface area (TPSA) is 41.1 Å². The molecule has 0 aromatic heterocycles. The lowest BCUT2D eigenvalue weighted by molar-refractivity contribution is -0.216. The third kappa shape index (κ3) is 2.95. The zero-order chi connectivity index (χ0) is 14.8. The van der Waals surface area contributed by atoms with E-state index in [9.17, 15) is 18.0 Å². The van der Waals surface area contributed by atoms with Crippen molar-refractivity contribution in [3.63, 3.8) is 0 Å². The van der Waals surface area contributed by atoms with Crippen molar-refractivity contribution >= 4 is 5.91 Å². The fraction of sp³-hybridized carbons (Fsp3) is 0.929. The van der Waals surface area contributed by atoms with Gasteiger partial charge in [-0.15, -0.1) is 0 Å². The van der Waals surface area contributed by atoms with Crippen LogP contribution >= 0.6 is 0 Å². The normalized spacial score (nSPS) is 35.6. The highest BCUT2D eigenvalue weighted by molar-refractivity contribution is 5.84. The van der Waals surface area contributed by atoms with E-state index in [1.807, 2.05) is 6.92 Å². The van der Waals surface area contributed by atoms with Crippen LogP contribution in [0.3, 0.4) is 0 Å². The summed E-state index contributed by atoms with van der Waals surface area (Å²) in [6.07, 6.45) is 0.281. The Morgan fingerprint density at radius 2 is 1.95 bits per heavy atom. The van der Waals surface area contributed by atoms with Gasteiger partial charge in [0.25, 0.3) is 0 Å². The maximum Gasteiger partial charge on any atom is 0.404 e. The first kappa shape index (κ1) is 15.6. The average molecular weight is 292 g/mol. The smallest absolute Gasteiger partial charge is 0.352 e. The minimum Gasteiger partial charge on any atom is -0.352 e. The second-order valence-corrected chi connectivity index (χ2v) is 6.20. The number of nitrogens with one attached hydrogen (secondary N) is 2. The van der Waals surface area contributed by atoms with Crippen molar-refractivity contribution in [3.05, 3.63) is 0 Å². The third-order valence-corrected chi connectivity index (χ3v) is 4.81. The van der Waals surface area contributed by atoms with Gasteiger partial charge in [-0.25, -0.2) is 0 Å². The standard InChI is InChI=1S/C14H23F3N2O/c1-10-5-3-2-4-6-11(10)19-12(20)13(14(15,16)17)7-8-18-9-13/h10-11,18H,2-9H2,1H3,(H,19,20). The Labute approximate surface area is 117 Å². The van der Waals surface area contributed by atoms with E-state index >= 15 is 0 Å². The van der Waals surface area contributed by atoms with Crippen LogP contribution in [0.25, 0.3) is 0 Å². The molecule has 3 unspecified atom stereocenters. The highest BCUT2D eigenvalue weighted by atomic mass is 19.4. The molecule has 1 amide bonds. The highest BCUT2D eigenvalue weighted by Gasteiger charge is 2.61. The zero-order valence-corrected chi connectivity index (χ0v) is 11.9. The lowest BCUT2D eigenvalue weighted by atomic mass is 9.84. The van der Waals surface area contributed by atoms with Crippen LogP contribution in [0.1, 0.15) is 45.4 Å². The summed E-state index contributed by atoms with van der Waals surface area (Å²) < 4.78 is 39.9. The van der Waals surface area contributed by atoms with E-state index in [-0.39, 0.29) is 31.5 Å². The molecule has 20 heavy (non-hydrogen) atoms. The fourth-order valence-corrected chi connectivity index (χ4v) is 3.27. The highest BCUT2D eigenvalue weighted by Crippen LogP contribution is 2.43. The molecule has 3 atom stereocenters. The van der Waals surface area contributed by atoms with Gasteiger partial charge in [0.15, 0.2) is 5.41 Å². The van der Waals surface area contributed by atoms with Crippen LogP contribution in [0.5, 0.6) is 0 Å². The SMILES string of the molecule is CC1CCCCCC1NC(=O)C1(C(F)(F)F)CCNC1. The van der Waals surface area contributed by atoms with Crippen LogP contribution < -0.4 is 10.6 Å². The number of carbonyl (C=O) groups excluding carboxylic acids is 1. The predicted molar refractivity (Wildman–Crippen MR) is 70.2 cm³/mol. The van der Waals surface area contributed by atoms with Gasteiger partial charge in [0, 0.05) is 12.6 Å². The number of hydrogen-bond donors (Lipinski definition) is 2. The first-order chi connectivity index (χ1) is 9.37. The summed E-state index contributed by atoms with van der Waals surface area (Å²) in [7, 11) is 0. The summed E-state index contributed by atoms with van der Waals surface area (Å²) in [6.45, 7) is 1.96. The molecule has 0 radical (unpaired) electrons. The average Bonchev–Trinajstić information content (AvgIpc) is 2.79. The molecule has 2 rings (SSSR count). The van der Waals surface area contributed by atoms with E-state index in [1.54, 1.807) is 0 Å². The van der Waals surface area contributed by atoms with Crippen molar-refractivity contribution in [1.82, 2.24) is 10.6 Å². The number of halogens is 3. The van der Waals surface area contributed by atoms with E-state index in [2.05, 4.69) is 10.6 Å². The van der Waals surface area contributed by atoms with Crippen molar-refractivity contribution in [2.75, 3.05) is 13.1 Å². The van der Waals surface area contributed by atoms with Crippen LogP contribution in [-0.2, 0) is 4.79 Å². The van der Waals surface area contributed by atoms with Gasteiger partial charge in [0.1, 0.15) is 0 Å². The molecular weight excluding hydrogens is 269 g/mol. The number of carbonyl (C=O) groups is 1. The molecule has 1 aliphatic carbocycles. The van der Waals surface area contributed by atoms with E-state index in [0.29, 0.717) is 0 Å². The van der Waals surface area contributed by atoms with Crippen LogP contribution in [-0.4, -0.2) is 31.2 Å². The van der Waals surface area contributed by atoms with Gasteiger partial charge < -0.3 is 10.6 Å². The van der Waals surface area contributed by atoms with Crippen molar-refractivity contribution in [3.8, 4) is 0 Å². The Morgan fingerprint density at radius 1 is 1.25 bits per heavy atom. The van der Waals surface area contributed by atoms with Gasteiger partial charge in [-0.3, -0.25) is 4.79 Å². The maximum atomic E-state index is 13.3. The molecule has 2 aliphatic rings. The summed E-state index contributed by atoms with van der Waals surface area (Å²) >= 11 is 0. The summed E-state index contributed by atoms with van der Waals surface area (Å²) in [5.74, 6) is -0.588. The molecule has 0 aromatic rings. The van der Waals surface area contributed by atoms with Crippen molar-refractivity contribution in [1.29, 1.82) is 0 Å². The minimum absolute atomic E-state index is 0.121. The molecule has 1 heterocycles. The monoisotopic (exact) mass is 292 g/mol. The summed E-state index contributed by atoms with van der Waals surface area (Å²) in [6, 6.07) is -0.121. The Morgan fingerprint density at radius 3 is 2.55 bits per heavy atom. The van der Waals surface area contributed by atoms with E-state index < -0.39 is 17.5 Å². The largest absolute Gasteiger partial charge is 0.404 e. The van der Waals surface area contributed by atoms with Crippen molar-refractivity contribution < 1.29 is 18.0 Å². The molecule has 0 bridgehead atoms. The van der Waals surface area contributed by atoms with Crippen LogP contribution in [0, 0.1) is 11.3 Å². The van der Waals surface area contributed by atoms with Crippen LogP contribution in [0.4, 0.5) is 13.2 Å². The second-order valence-electron chi connectivity index (χ2n) is 6.20. The Hall–Kier alpha value is -0.780. The predicted octanol–water partition coefficient (Wildman–Crippen LogP) is 2.61. The Balaban J connectivity index is 2.09. The third-order valence-electron chi connectivity index (χ3n) is 4.81. The Kier molecular flexibility index (Phi) is 4.62. The van der Waals surface area contributed by atoms with Crippen LogP contribution in [0.2, 0.25) is 0 Å². The number of rotatable bonds is 2. The fourth-order valence-electron chi connectivity index (χ4n) is 3.27. The van der Waals surface area contributed by atoms with Gasteiger partial charge in [-0.2, -0.15) is 13.2 Å². The van der Waals surface area contributed by atoms with Crippen molar-refractivity contribution in [2.45, 2.75) is 57.7 Å². The minimum atomic E-state index is -4.49. The molecule has 2 N–H and O–H groups in total. The zero-order valence-electron chi connectivity index (χ0n) is 11.9. The van der Waals surface area contributed by atoms with E-state index in [0.717, 1.165) is 32.1 Å². The molecule has 1 aliphatic heterocycles. The first-order valence-corrected chi connectivity index (χ1v) is 7.45. The molecule has 2 fully saturated rings. The molecule has 1 saturated carbocycles. The molecule has 116 valence electrons. The van der Waals surface area contributed by atoms with Gasteiger partial charge in [-0.05, 0) is 31.7 Å². The van der Waals surface area contributed by atoms with Gasteiger partial charge in [0.2, 0.25) is 5.91 Å². The quantitative estimate of drug-likeness (QED) is 0.768. The second kappa shape index (κ2) is 5.92. The van der Waals surface area contributed by atoms with Crippen molar-refractivity contribution in [2.24, 2.45) is 11.3 Å². The molecule has 3 nitrogen and oxygen atoms in total. The summed E-state index contributed by atoms with van der Waals surface area (Å²) in [5, 5.41) is 5.38. The summed E-state index contributed by atoms with van der Waals surface area (Å²) in [4.78, 5) is 12.3. The van der Waals surface area contributed by atoms with Gasteiger partial charge in [-0.1, -0.05) is 26.2 Å². The summed E-state index contributed by atoms with van der Waals surface area (Å²) in [5.41, 5.74) is -2.24. The molecule has 6 heteroatoms. The number of hydrogen-bond acceptors (Lipinski definition) is 2. The molecule has 0 aromatic carbocycles. The first-order valence-electron chi connectivity index (χ1n) is 7.45. The van der Waals surface area contributed by atoms with Crippen LogP contribution in [0.15, 0.2) is 0 Å². The molecule has 1 saturated heterocycles. The van der Waals surface area contributed by atoms with Gasteiger partial charge in [0.05, 0.1) is 0 Å². The Bertz CT molecular complexity index is 351. The van der Waals surface area contributed by atoms with E-state index in [1.165, 1.54) is 0 Å². The lowest BCUT2D eigenvalue weighted by Crippen LogP contribution is -2.55. The number of amides is 1.